The van der Waals surface area contributed by atoms with Crippen LogP contribution in [-0.4, -0.2) is 23.6 Å². The summed E-state index contributed by atoms with van der Waals surface area (Å²) in [5.41, 5.74) is 1.10. The van der Waals surface area contributed by atoms with Gasteiger partial charge in [-0.2, -0.15) is 0 Å². The van der Waals surface area contributed by atoms with Crippen molar-refractivity contribution >= 4 is 5.78 Å². The van der Waals surface area contributed by atoms with Crippen molar-refractivity contribution in [1.29, 1.82) is 0 Å². The van der Waals surface area contributed by atoms with Crippen molar-refractivity contribution in [2.24, 2.45) is 29.1 Å². The number of rotatable bonds is 2. The predicted octanol–water partition coefficient (Wildman–Crippen LogP) is 3.63. The monoisotopic (exact) mass is 316 g/mol. The van der Waals surface area contributed by atoms with E-state index in [2.05, 4.69) is 19.1 Å². The Morgan fingerprint density at radius 2 is 2.17 bits per heavy atom. The van der Waals surface area contributed by atoms with E-state index in [1.807, 2.05) is 6.92 Å². The second kappa shape index (κ2) is 5.47. The summed E-state index contributed by atoms with van der Waals surface area (Å²) in [7, 11) is 0. The van der Waals surface area contributed by atoms with Gasteiger partial charge < -0.3 is 9.84 Å². The van der Waals surface area contributed by atoms with Crippen LogP contribution in [0.1, 0.15) is 52.4 Å². The lowest BCUT2D eigenvalue weighted by atomic mass is 9.52. The van der Waals surface area contributed by atoms with Gasteiger partial charge in [-0.3, -0.25) is 4.79 Å². The summed E-state index contributed by atoms with van der Waals surface area (Å²) in [6.07, 6.45) is 9.73. The molecule has 126 valence electrons. The summed E-state index contributed by atoms with van der Waals surface area (Å²) in [6.45, 7) is 4.86. The first-order valence-corrected chi connectivity index (χ1v) is 9.29. The molecular formula is C20H28O3. The Kier molecular flexibility index (Phi) is 3.67. The predicted molar refractivity (Wildman–Crippen MR) is 88.6 cm³/mol. The fourth-order valence-electron chi connectivity index (χ4n) is 6.09. The molecule has 2 fully saturated rings. The molecule has 0 heterocycles. The number of allylic oxidation sites excluding steroid dienone is 4. The molecule has 4 rings (SSSR count). The lowest BCUT2D eigenvalue weighted by Crippen LogP contribution is -2.52. The molecule has 0 radical (unpaired) electrons. The molecule has 23 heavy (non-hydrogen) atoms. The van der Waals surface area contributed by atoms with E-state index >= 15 is 0 Å². The minimum absolute atomic E-state index is 0.271. The van der Waals surface area contributed by atoms with Gasteiger partial charge in [0.15, 0.2) is 0 Å². The summed E-state index contributed by atoms with van der Waals surface area (Å²) >= 11 is 0. The van der Waals surface area contributed by atoms with Crippen LogP contribution in [0.5, 0.6) is 0 Å². The molecule has 3 heteroatoms. The number of hydrogen-bond donors (Lipinski definition) is 1. The molecule has 0 aromatic rings. The average molecular weight is 316 g/mol. The smallest absolute Gasteiger partial charge is 0.139 e. The molecule has 3 nitrogen and oxygen atoms in total. The summed E-state index contributed by atoms with van der Waals surface area (Å²) in [5.74, 6) is 3.22. The maximum absolute atomic E-state index is 12.4. The minimum atomic E-state index is -0.334. The molecule has 4 aliphatic rings. The zero-order chi connectivity index (χ0) is 16.2. The van der Waals surface area contributed by atoms with E-state index in [4.69, 9.17) is 4.74 Å². The highest BCUT2D eigenvalue weighted by atomic mass is 16.5. The molecule has 4 aliphatic carbocycles. The van der Waals surface area contributed by atoms with Crippen LogP contribution in [-0.2, 0) is 9.53 Å². The average Bonchev–Trinajstić information content (AvgIpc) is 2.82. The number of carbonyl (C=O) groups is 1. The molecule has 1 N–H and O–H groups in total. The summed E-state index contributed by atoms with van der Waals surface area (Å²) in [6, 6.07) is 0. The first-order chi connectivity index (χ1) is 11.0. The highest BCUT2D eigenvalue weighted by molar-refractivity contribution is 5.87. The SMILES string of the molecule is CCOC1=CC2=CC[C@@H]3[C@H]([C@H](O)C[C@]4(C)C(=O)CC[C@@H]34)[C@H]2CC1. The van der Waals surface area contributed by atoms with Gasteiger partial charge >= 0.3 is 0 Å². The summed E-state index contributed by atoms with van der Waals surface area (Å²) in [4.78, 5) is 12.4. The highest BCUT2D eigenvalue weighted by Gasteiger charge is 2.58. The van der Waals surface area contributed by atoms with Crippen molar-refractivity contribution in [3.63, 3.8) is 0 Å². The van der Waals surface area contributed by atoms with Gasteiger partial charge in [0.1, 0.15) is 5.78 Å². The number of aliphatic hydroxyl groups excluding tert-OH is 1. The van der Waals surface area contributed by atoms with Crippen molar-refractivity contribution in [3.8, 4) is 0 Å². The quantitative estimate of drug-likeness (QED) is 0.846. The zero-order valence-corrected chi connectivity index (χ0v) is 14.3. The number of Topliss-reactive ketones (excluding diaryl/α,β-unsaturated/α-hetero) is 1. The van der Waals surface area contributed by atoms with Crippen LogP contribution in [0.4, 0.5) is 0 Å². The van der Waals surface area contributed by atoms with Crippen LogP contribution in [0.15, 0.2) is 23.5 Å². The standard InChI is InChI=1S/C20H28O3/c1-3-23-13-5-7-14-12(10-13)4-6-15-16-8-9-18(22)20(16,2)11-17(21)19(14)15/h4,10,14-17,19,21H,3,5-9,11H2,1-2H3/t14-,15-,16-,17+,19+,20-/m0/s1. The lowest BCUT2D eigenvalue weighted by Gasteiger charge is -2.53. The Morgan fingerprint density at radius 1 is 1.35 bits per heavy atom. The van der Waals surface area contributed by atoms with Gasteiger partial charge in [0.25, 0.3) is 0 Å². The molecule has 0 saturated heterocycles. The van der Waals surface area contributed by atoms with Crippen molar-refractivity contribution in [2.75, 3.05) is 6.61 Å². The Balaban J connectivity index is 1.65. The number of ketones is 1. The second-order valence-electron chi connectivity index (χ2n) is 8.13. The topological polar surface area (TPSA) is 46.5 Å². The second-order valence-corrected chi connectivity index (χ2v) is 8.13. The van der Waals surface area contributed by atoms with Gasteiger partial charge in [0, 0.05) is 18.3 Å². The largest absolute Gasteiger partial charge is 0.498 e. The van der Waals surface area contributed by atoms with E-state index in [1.54, 1.807) is 0 Å². The van der Waals surface area contributed by atoms with Crippen LogP contribution in [0.2, 0.25) is 0 Å². The van der Waals surface area contributed by atoms with Gasteiger partial charge in [0.05, 0.1) is 18.5 Å². The molecule has 0 amide bonds. The maximum Gasteiger partial charge on any atom is 0.139 e. The summed E-state index contributed by atoms with van der Waals surface area (Å²) < 4.78 is 5.71. The van der Waals surface area contributed by atoms with E-state index in [9.17, 15) is 9.90 Å². The van der Waals surface area contributed by atoms with Crippen molar-refractivity contribution in [2.45, 2.75) is 58.5 Å². The molecule has 0 aliphatic heterocycles. The first kappa shape index (κ1) is 15.4. The zero-order valence-electron chi connectivity index (χ0n) is 14.3. The molecule has 0 bridgehead atoms. The third-order valence-electron chi connectivity index (χ3n) is 7.10. The van der Waals surface area contributed by atoms with Gasteiger partial charge in [-0.05, 0) is 67.9 Å². The van der Waals surface area contributed by atoms with E-state index in [1.165, 1.54) is 5.57 Å². The molecule has 0 spiro atoms. The van der Waals surface area contributed by atoms with Crippen molar-refractivity contribution in [3.05, 3.63) is 23.5 Å². The third kappa shape index (κ3) is 2.23. The van der Waals surface area contributed by atoms with Crippen LogP contribution in [0.25, 0.3) is 0 Å². The Hall–Kier alpha value is -1.09. The maximum atomic E-state index is 12.4. The Morgan fingerprint density at radius 3 is 2.96 bits per heavy atom. The third-order valence-corrected chi connectivity index (χ3v) is 7.10. The number of carbonyl (C=O) groups excluding carboxylic acids is 1. The van der Waals surface area contributed by atoms with Crippen molar-refractivity contribution < 1.29 is 14.6 Å². The van der Waals surface area contributed by atoms with Gasteiger partial charge in [-0.1, -0.05) is 13.0 Å². The molecular weight excluding hydrogens is 288 g/mol. The highest BCUT2D eigenvalue weighted by Crippen LogP contribution is 2.59. The van der Waals surface area contributed by atoms with Gasteiger partial charge in [-0.25, -0.2) is 0 Å². The van der Waals surface area contributed by atoms with Crippen LogP contribution in [0.3, 0.4) is 0 Å². The van der Waals surface area contributed by atoms with E-state index in [-0.39, 0.29) is 11.5 Å². The van der Waals surface area contributed by atoms with Crippen molar-refractivity contribution in [1.82, 2.24) is 0 Å². The number of aliphatic hydroxyl groups is 1. The van der Waals surface area contributed by atoms with Crippen LogP contribution >= 0.6 is 0 Å². The summed E-state index contributed by atoms with van der Waals surface area (Å²) in [5, 5.41) is 10.9. The number of fused-ring (bicyclic) bond motifs is 5. The van der Waals surface area contributed by atoms with E-state index in [0.717, 1.165) is 38.0 Å². The Bertz CT molecular complexity index is 575. The van der Waals surface area contributed by atoms with Crippen LogP contribution in [0, 0.1) is 29.1 Å². The van der Waals surface area contributed by atoms with Gasteiger partial charge in [0.2, 0.25) is 0 Å². The molecule has 0 unspecified atom stereocenters. The van der Waals surface area contributed by atoms with Crippen LogP contribution < -0.4 is 0 Å². The van der Waals surface area contributed by atoms with Gasteiger partial charge in [-0.15, -0.1) is 0 Å². The molecule has 0 aromatic heterocycles. The number of ether oxygens (including phenoxy) is 1. The van der Waals surface area contributed by atoms with E-state index < -0.39 is 0 Å². The van der Waals surface area contributed by atoms with E-state index in [0.29, 0.717) is 42.3 Å². The normalized spacial score (nSPS) is 45.5. The Labute approximate surface area is 138 Å². The fraction of sp³-hybridized carbons (Fsp3) is 0.750. The molecule has 6 atom stereocenters. The minimum Gasteiger partial charge on any atom is -0.498 e. The first-order valence-electron chi connectivity index (χ1n) is 9.29. The molecule has 2 saturated carbocycles. The fourth-order valence-corrected chi connectivity index (χ4v) is 6.09. The molecule has 0 aromatic carbocycles. The number of hydrogen-bond acceptors (Lipinski definition) is 3. The lowest BCUT2D eigenvalue weighted by molar-refractivity contribution is -0.138.